The van der Waals surface area contributed by atoms with Crippen LogP contribution in [0.3, 0.4) is 0 Å². The second-order valence-corrected chi connectivity index (χ2v) is 5.07. The zero-order valence-corrected chi connectivity index (χ0v) is 10.6. The maximum atomic E-state index is 12.3. The number of piperidine rings is 1. The number of amides is 1. The summed E-state index contributed by atoms with van der Waals surface area (Å²) >= 11 is 0. The fraction of sp³-hybridized carbons (Fsp3) is 0.500. The molecule has 3 heteroatoms. The molecule has 92 valence electrons. The van der Waals surface area contributed by atoms with Gasteiger partial charge in [-0.05, 0) is 49.4 Å². The average molecular weight is 232 g/mol. The van der Waals surface area contributed by atoms with Crippen LogP contribution in [0.1, 0.15) is 35.7 Å². The third-order valence-electron chi connectivity index (χ3n) is 3.46. The Balaban J connectivity index is 2.15. The van der Waals surface area contributed by atoms with E-state index in [9.17, 15) is 4.79 Å². The van der Waals surface area contributed by atoms with E-state index in [0.717, 1.165) is 36.3 Å². The van der Waals surface area contributed by atoms with Crippen molar-refractivity contribution in [2.75, 3.05) is 18.8 Å². The number of hydrogen-bond donors (Lipinski definition) is 1. The van der Waals surface area contributed by atoms with Crippen LogP contribution < -0.4 is 5.73 Å². The minimum Gasteiger partial charge on any atom is -0.399 e. The van der Waals surface area contributed by atoms with Crippen LogP contribution in [-0.4, -0.2) is 23.9 Å². The van der Waals surface area contributed by atoms with Gasteiger partial charge in [-0.25, -0.2) is 0 Å². The van der Waals surface area contributed by atoms with Crippen molar-refractivity contribution >= 4 is 11.6 Å². The van der Waals surface area contributed by atoms with Gasteiger partial charge in [0.1, 0.15) is 0 Å². The van der Waals surface area contributed by atoms with E-state index in [4.69, 9.17) is 5.73 Å². The molecule has 1 amide bonds. The van der Waals surface area contributed by atoms with Crippen molar-refractivity contribution in [2.24, 2.45) is 5.92 Å². The standard InChI is InChI=1S/C14H20N2O/c1-10-4-3-7-16(9-10)14(17)12-5-6-13(15)11(2)8-12/h5-6,8,10H,3-4,7,9,15H2,1-2H3/t10-/m1/s1. The second-order valence-electron chi connectivity index (χ2n) is 5.07. The molecule has 0 unspecified atom stereocenters. The molecule has 17 heavy (non-hydrogen) atoms. The van der Waals surface area contributed by atoms with E-state index in [-0.39, 0.29) is 5.91 Å². The molecule has 1 aliphatic heterocycles. The van der Waals surface area contributed by atoms with Crippen LogP contribution in [-0.2, 0) is 0 Å². The molecular formula is C14H20N2O. The number of carbonyl (C=O) groups is 1. The number of nitrogen functional groups attached to an aromatic ring is 1. The number of nitrogens with zero attached hydrogens (tertiary/aromatic N) is 1. The maximum absolute atomic E-state index is 12.3. The predicted molar refractivity (Wildman–Crippen MR) is 69.9 cm³/mol. The van der Waals surface area contributed by atoms with Crippen molar-refractivity contribution in [3.05, 3.63) is 29.3 Å². The lowest BCUT2D eigenvalue weighted by Gasteiger charge is -2.31. The summed E-state index contributed by atoms with van der Waals surface area (Å²) in [5, 5.41) is 0. The molecule has 2 N–H and O–H groups in total. The first-order valence-corrected chi connectivity index (χ1v) is 6.23. The Bertz CT molecular complexity index is 428. The van der Waals surface area contributed by atoms with Crippen LogP contribution in [0.5, 0.6) is 0 Å². The molecular weight excluding hydrogens is 212 g/mol. The second kappa shape index (κ2) is 4.78. The molecule has 1 saturated heterocycles. The van der Waals surface area contributed by atoms with Gasteiger partial charge in [0, 0.05) is 24.3 Å². The lowest BCUT2D eigenvalue weighted by atomic mass is 9.99. The Morgan fingerprint density at radius 3 is 2.88 bits per heavy atom. The number of likely N-dealkylation sites (tertiary alicyclic amines) is 1. The molecule has 0 aromatic heterocycles. The molecule has 1 aromatic rings. The van der Waals surface area contributed by atoms with Gasteiger partial charge in [0.25, 0.3) is 5.91 Å². The molecule has 0 radical (unpaired) electrons. The summed E-state index contributed by atoms with van der Waals surface area (Å²) < 4.78 is 0. The zero-order valence-electron chi connectivity index (χ0n) is 10.6. The normalized spacial score (nSPS) is 20.4. The molecule has 2 rings (SSSR count). The van der Waals surface area contributed by atoms with E-state index in [1.807, 2.05) is 30.0 Å². The molecule has 1 atom stereocenters. The first kappa shape index (κ1) is 12.0. The molecule has 0 saturated carbocycles. The van der Waals surface area contributed by atoms with Crippen LogP contribution >= 0.6 is 0 Å². The lowest BCUT2D eigenvalue weighted by Crippen LogP contribution is -2.39. The Labute approximate surface area is 103 Å². The van der Waals surface area contributed by atoms with E-state index in [1.165, 1.54) is 6.42 Å². The molecule has 1 aliphatic rings. The van der Waals surface area contributed by atoms with E-state index in [2.05, 4.69) is 6.92 Å². The number of benzene rings is 1. The van der Waals surface area contributed by atoms with Crippen LogP contribution in [0.2, 0.25) is 0 Å². The Hall–Kier alpha value is -1.51. The van der Waals surface area contributed by atoms with Gasteiger partial charge < -0.3 is 10.6 Å². The highest BCUT2D eigenvalue weighted by Crippen LogP contribution is 2.19. The Kier molecular flexibility index (Phi) is 3.36. The van der Waals surface area contributed by atoms with Crippen molar-refractivity contribution in [1.82, 2.24) is 4.90 Å². The number of carbonyl (C=O) groups excluding carboxylic acids is 1. The molecule has 0 aliphatic carbocycles. The number of nitrogens with two attached hydrogens (primary N) is 1. The molecule has 1 fully saturated rings. The molecule has 1 aromatic carbocycles. The van der Waals surface area contributed by atoms with Gasteiger partial charge in [0.2, 0.25) is 0 Å². The van der Waals surface area contributed by atoms with Crippen molar-refractivity contribution in [2.45, 2.75) is 26.7 Å². The minimum absolute atomic E-state index is 0.139. The van der Waals surface area contributed by atoms with E-state index >= 15 is 0 Å². The topological polar surface area (TPSA) is 46.3 Å². The average Bonchev–Trinajstić information content (AvgIpc) is 2.32. The summed E-state index contributed by atoms with van der Waals surface area (Å²) in [6.07, 6.45) is 2.34. The summed E-state index contributed by atoms with van der Waals surface area (Å²) in [4.78, 5) is 14.3. The minimum atomic E-state index is 0.139. The first-order chi connectivity index (χ1) is 8.08. The monoisotopic (exact) mass is 232 g/mol. The summed E-state index contributed by atoms with van der Waals surface area (Å²) in [5.41, 5.74) is 8.24. The van der Waals surface area contributed by atoms with Crippen LogP contribution in [0.15, 0.2) is 18.2 Å². The fourth-order valence-electron chi connectivity index (χ4n) is 2.37. The van der Waals surface area contributed by atoms with Crippen LogP contribution in [0.25, 0.3) is 0 Å². The zero-order chi connectivity index (χ0) is 12.4. The number of rotatable bonds is 1. The van der Waals surface area contributed by atoms with Crippen molar-refractivity contribution < 1.29 is 4.79 Å². The van der Waals surface area contributed by atoms with E-state index in [0.29, 0.717) is 5.92 Å². The fourth-order valence-corrected chi connectivity index (χ4v) is 2.37. The summed E-state index contributed by atoms with van der Waals surface area (Å²) in [5.74, 6) is 0.752. The third kappa shape index (κ3) is 2.60. The van der Waals surface area contributed by atoms with Gasteiger partial charge in [-0.1, -0.05) is 6.92 Å². The number of hydrogen-bond acceptors (Lipinski definition) is 2. The molecule has 1 heterocycles. The lowest BCUT2D eigenvalue weighted by molar-refractivity contribution is 0.0683. The Morgan fingerprint density at radius 1 is 1.47 bits per heavy atom. The van der Waals surface area contributed by atoms with Crippen LogP contribution in [0, 0.1) is 12.8 Å². The summed E-state index contributed by atoms with van der Waals surface area (Å²) in [6.45, 7) is 5.90. The smallest absolute Gasteiger partial charge is 0.253 e. The molecule has 0 spiro atoms. The van der Waals surface area contributed by atoms with Gasteiger partial charge in [-0.15, -0.1) is 0 Å². The van der Waals surface area contributed by atoms with Gasteiger partial charge in [-0.2, -0.15) is 0 Å². The van der Waals surface area contributed by atoms with Crippen molar-refractivity contribution in [3.8, 4) is 0 Å². The highest BCUT2D eigenvalue weighted by Gasteiger charge is 2.22. The van der Waals surface area contributed by atoms with Gasteiger partial charge in [-0.3, -0.25) is 4.79 Å². The van der Waals surface area contributed by atoms with Gasteiger partial charge >= 0.3 is 0 Å². The predicted octanol–water partition coefficient (Wildman–Crippen LogP) is 2.45. The third-order valence-corrected chi connectivity index (χ3v) is 3.46. The number of anilines is 1. The summed E-state index contributed by atoms with van der Waals surface area (Å²) in [7, 11) is 0. The van der Waals surface area contributed by atoms with Crippen LogP contribution in [0.4, 0.5) is 5.69 Å². The van der Waals surface area contributed by atoms with E-state index < -0.39 is 0 Å². The number of aryl methyl sites for hydroxylation is 1. The molecule has 0 bridgehead atoms. The molecule has 3 nitrogen and oxygen atoms in total. The SMILES string of the molecule is Cc1cc(C(=O)N2CCC[C@@H](C)C2)ccc1N. The Morgan fingerprint density at radius 2 is 2.24 bits per heavy atom. The van der Waals surface area contributed by atoms with Crippen molar-refractivity contribution in [3.63, 3.8) is 0 Å². The summed E-state index contributed by atoms with van der Waals surface area (Å²) in [6, 6.07) is 5.52. The van der Waals surface area contributed by atoms with Gasteiger partial charge in [0.15, 0.2) is 0 Å². The first-order valence-electron chi connectivity index (χ1n) is 6.23. The highest BCUT2D eigenvalue weighted by molar-refractivity contribution is 5.95. The quantitative estimate of drug-likeness (QED) is 0.756. The highest BCUT2D eigenvalue weighted by atomic mass is 16.2. The maximum Gasteiger partial charge on any atom is 0.253 e. The largest absolute Gasteiger partial charge is 0.399 e. The van der Waals surface area contributed by atoms with Crippen molar-refractivity contribution in [1.29, 1.82) is 0 Å². The van der Waals surface area contributed by atoms with Gasteiger partial charge in [0.05, 0.1) is 0 Å². The van der Waals surface area contributed by atoms with E-state index in [1.54, 1.807) is 0 Å².